The second-order valence-electron chi connectivity index (χ2n) is 10.1. The van der Waals surface area contributed by atoms with E-state index >= 15 is 0 Å². The van der Waals surface area contributed by atoms with Crippen LogP contribution in [0, 0.1) is 0 Å². The molecule has 0 radical (unpaired) electrons. The number of anilines is 1. The molecule has 0 unspecified atom stereocenters. The fourth-order valence-corrected chi connectivity index (χ4v) is 6.22. The molecule has 0 bridgehead atoms. The quantitative estimate of drug-likeness (QED) is 0.270. The molecule has 1 atom stereocenters. The van der Waals surface area contributed by atoms with Crippen molar-refractivity contribution in [3.63, 3.8) is 0 Å². The Morgan fingerprint density at radius 1 is 0.953 bits per heavy atom. The number of benzene rings is 3. The van der Waals surface area contributed by atoms with Gasteiger partial charge in [-0.3, -0.25) is 13.9 Å². The lowest BCUT2D eigenvalue weighted by Gasteiger charge is -2.33. The number of hydrogen-bond acceptors (Lipinski definition) is 7. The van der Waals surface area contributed by atoms with Crippen LogP contribution in [0.3, 0.4) is 0 Å². The lowest BCUT2D eigenvalue weighted by Crippen LogP contribution is -2.52. The van der Waals surface area contributed by atoms with E-state index in [0.29, 0.717) is 43.4 Å². The third-order valence-corrected chi connectivity index (χ3v) is 8.94. The predicted octanol–water partition coefficient (Wildman–Crippen LogP) is 4.39. The molecule has 3 aromatic carbocycles. The number of hydrogen-bond donors (Lipinski definition) is 1. The number of methoxy groups -OCH3 is 1. The summed E-state index contributed by atoms with van der Waals surface area (Å²) in [6.07, 6.45) is 2.06. The predicted molar refractivity (Wildman–Crippen MR) is 164 cm³/mol. The van der Waals surface area contributed by atoms with Crippen molar-refractivity contribution in [3.8, 4) is 17.2 Å². The minimum Gasteiger partial charge on any atom is -0.497 e. The topological polar surface area (TPSA) is 114 Å². The first-order valence-electron chi connectivity index (χ1n) is 14.5. The number of amides is 2. The van der Waals surface area contributed by atoms with Gasteiger partial charge in [-0.15, -0.1) is 0 Å². The number of fused-ring (bicyclic) bond motifs is 1. The molecule has 0 spiro atoms. The molecule has 1 aliphatic rings. The summed E-state index contributed by atoms with van der Waals surface area (Å²) in [4.78, 5) is 29.0. The number of unbranched alkanes of at least 4 members (excludes halogenated alkanes) is 1. The van der Waals surface area contributed by atoms with E-state index in [9.17, 15) is 18.0 Å². The number of sulfonamides is 1. The molecule has 0 aromatic heterocycles. The molecule has 1 heterocycles. The Balaban J connectivity index is 1.72. The lowest BCUT2D eigenvalue weighted by molar-refractivity contribution is -0.140. The van der Waals surface area contributed by atoms with Gasteiger partial charge in [0.2, 0.25) is 11.8 Å². The molecule has 10 nitrogen and oxygen atoms in total. The van der Waals surface area contributed by atoms with Gasteiger partial charge < -0.3 is 24.4 Å². The van der Waals surface area contributed by atoms with E-state index in [1.807, 2.05) is 26.0 Å². The minimum absolute atomic E-state index is 0.0312. The standard InChI is InChI=1S/C32H39N3O7S/c1-4-6-18-33-32(37)28(5-2)34(22-24-12-15-26(40-3)16-13-24)31(36)23-35(43(38,39)27-10-8-7-9-11-27)25-14-17-29-30(21-25)42-20-19-41-29/h7-17,21,28H,4-6,18-20,22-23H2,1-3H3,(H,33,37)/t28-/m1/s1. The Labute approximate surface area is 253 Å². The zero-order valence-electron chi connectivity index (χ0n) is 24.8. The Hall–Kier alpha value is -4.25. The zero-order chi connectivity index (χ0) is 30.8. The van der Waals surface area contributed by atoms with Crippen LogP contribution in [0.5, 0.6) is 17.2 Å². The Morgan fingerprint density at radius 3 is 2.30 bits per heavy atom. The molecule has 230 valence electrons. The average molecular weight is 610 g/mol. The molecule has 1 aliphatic heterocycles. The van der Waals surface area contributed by atoms with Crippen LogP contribution in [-0.4, -0.2) is 64.6 Å². The molecule has 0 saturated carbocycles. The summed E-state index contributed by atoms with van der Waals surface area (Å²) in [5.74, 6) is 0.734. The van der Waals surface area contributed by atoms with Crippen LogP contribution in [0.2, 0.25) is 0 Å². The first kappa shape index (κ1) is 31.7. The molecular weight excluding hydrogens is 570 g/mol. The van der Waals surface area contributed by atoms with Crippen molar-refractivity contribution >= 4 is 27.5 Å². The fraction of sp³-hybridized carbons (Fsp3) is 0.375. The molecule has 11 heteroatoms. The molecule has 4 rings (SSSR count). The SMILES string of the molecule is CCCCNC(=O)[C@@H](CC)N(Cc1ccc(OC)cc1)C(=O)CN(c1ccc2c(c1)OCCO2)S(=O)(=O)c1ccccc1. The summed E-state index contributed by atoms with van der Waals surface area (Å²) < 4.78 is 45.7. The third-order valence-electron chi connectivity index (χ3n) is 7.15. The van der Waals surface area contributed by atoms with Gasteiger partial charge in [-0.05, 0) is 54.8 Å². The van der Waals surface area contributed by atoms with Crippen LogP contribution < -0.4 is 23.8 Å². The molecule has 0 fully saturated rings. The van der Waals surface area contributed by atoms with Crippen molar-refractivity contribution in [1.82, 2.24) is 10.2 Å². The van der Waals surface area contributed by atoms with Crippen molar-refractivity contribution in [2.75, 3.05) is 37.7 Å². The van der Waals surface area contributed by atoms with Crippen molar-refractivity contribution in [3.05, 3.63) is 78.4 Å². The van der Waals surface area contributed by atoms with Crippen molar-refractivity contribution < 1.29 is 32.2 Å². The molecule has 0 saturated heterocycles. The average Bonchev–Trinajstić information content (AvgIpc) is 3.04. The molecule has 3 aromatic rings. The van der Waals surface area contributed by atoms with E-state index in [1.165, 1.54) is 17.0 Å². The number of ether oxygens (including phenoxy) is 3. The van der Waals surface area contributed by atoms with Crippen LogP contribution in [-0.2, 0) is 26.2 Å². The summed E-state index contributed by atoms with van der Waals surface area (Å²) in [6.45, 7) is 4.62. The van der Waals surface area contributed by atoms with Gasteiger partial charge in [0, 0.05) is 19.2 Å². The summed E-state index contributed by atoms with van der Waals surface area (Å²) in [7, 11) is -2.62. The highest BCUT2D eigenvalue weighted by Gasteiger charge is 2.34. The molecule has 2 amide bonds. The fourth-order valence-electron chi connectivity index (χ4n) is 4.79. The van der Waals surface area contributed by atoms with Crippen molar-refractivity contribution in [2.45, 2.75) is 50.6 Å². The van der Waals surface area contributed by atoms with E-state index in [-0.39, 0.29) is 23.0 Å². The van der Waals surface area contributed by atoms with Gasteiger partial charge in [0.1, 0.15) is 31.5 Å². The van der Waals surface area contributed by atoms with Gasteiger partial charge in [-0.25, -0.2) is 8.42 Å². The van der Waals surface area contributed by atoms with Gasteiger partial charge in [-0.1, -0.05) is 50.6 Å². The van der Waals surface area contributed by atoms with Crippen LogP contribution in [0.15, 0.2) is 77.7 Å². The van der Waals surface area contributed by atoms with Crippen LogP contribution in [0.4, 0.5) is 5.69 Å². The maximum Gasteiger partial charge on any atom is 0.264 e. The Kier molecular flexibility index (Phi) is 10.9. The largest absolute Gasteiger partial charge is 0.497 e. The number of carbonyl (C=O) groups is 2. The van der Waals surface area contributed by atoms with Gasteiger partial charge in [0.25, 0.3) is 10.0 Å². The van der Waals surface area contributed by atoms with Crippen LogP contribution in [0.25, 0.3) is 0 Å². The van der Waals surface area contributed by atoms with Crippen molar-refractivity contribution in [2.24, 2.45) is 0 Å². The molecule has 1 N–H and O–H groups in total. The summed E-state index contributed by atoms with van der Waals surface area (Å²) >= 11 is 0. The second kappa shape index (κ2) is 14.8. The van der Waals surface area contributed by atoms with Gasteiger partial charge in [0.05, 0.1) is 17.7 Å². The Morgan fingerprint density at radius 2 is 1.65 bits per heavy atom. The Bertz CT molecular complexity index is 1480. The maximum atomic E-state index is 14.2. The smallest absolute Gasteiger partial charge is 0.264 e. The van der Waals surface area contributed by atoms with E-state index in [4.69, 9.17) is 14.2 Å². The number of nitrogens with one attached hydrogen (secondary N) is 1. The normalized spacial score (nSPS) is 13.1. The highest BCUT2D eigenvalue weighted by Crippen LogP contribution is 2.36. The zero-order valence-corrected chi connectivity index (χ0v) is 25.6. The van der Waals surface area contributed by atoms with E-state index in [0.717, 1.165) is 22.7 Å². The number of rotatable bonds is 14. The third kappa shape index (κ3) is 7.78. The summed E-state index contributed by atoms with van der Waals surface area (Å²) in [5.41, 5.74) is 1.01. The summed E-state index contributed by atoms with van der Waals surface area (Å²) in [6, 6.07) is 19.1. The highest BCUT2D eigenvalue weighted by molar-refractivity contribution is 7.92. The van der Waals surface area contributed by atoms with Crippen LogP contribution >= 0.6 is 0 Å². The van der Waals surface area contributed by atoms with E-state index in [1.54, 1.807) is 55.6 Å². The second-order valence-corrected chi connectivity index (χ2v) is 12.0. The summed E-state index contributed by atoms with van der Waals surface area (Å²) in [5, 5.41) is 2.93. The molecular formula is C32H39N3O7S. The monoisotopic (exact) mass is 609 g/mol. The van der Waals surface area contributed by atoms with Gasteiger partial charge in [0.15, 0.2) is 11.5 Å². The van der Waals surface area contributed by atoms with Crippen molar-refractivity contribution in [1.29, 1.82) is 0 Å². The van der Waals surface area contributed by atoms with Gasteiger partial charge in [-0.2, -0.15) is 0 Å². The van der Waals surface area contributed by atoms with Gasteiger partial charge >= 0.3 is 0 Å². The number of carbonyl (C=O) groups excluding carboxylic acids is 2. The van der Waals surface area contributed by atoms with Crippen LogP contribution in [0.1, 0.15) is 38.7 Å². The first-order valence-corrected chi connectivity index (χ1v) is 15.9. The highest BCUT2D eigenvalue weighted by atomic mass is 32.2. The number of nitrogens with zero attached hydrogens (tertiary/aromatic N) is 2. The molecule has 0 aliphatic carbocycles. The van der Waals surface area contributed by atoms with E-state index in [2.05, 4.69) is 5.32 Å². The molecule has 43 heavy (non-hydrogen) atoms. The lowest BCUT2D eigenvalue weighted by atomic mass is 10.1. The van der Waals surface area contributed by atoms with E-state index < -0.39 is 28.5 Å². The maximum absolute atomic E-state index is 14.2. The minimum atomic E-state index is -4.19. The first-order chi connectivity index (χ1) is 20.8.